The first-order chi connectivity index (χ1) is 6.74. The SMILES string of the molecule is N#Cc1c[nH]c2c([N+](=O)[O-])cccc12. The van der Waals surface area contributed by atoms with Crippen LogP contribution in [0, 0.1) is 21.4 Å². The fourth-order valence-electron chi connectivity index (χ4n) is 1.38. The number of para-hydroxylation sites is 1. The second-order valence-corrected chi connectivity index (χ2v) is 2.77. The van der Waals surface area contributed by atoms with Gasteiger partial charge in [0.15, 0.2) is 0 Å². The maximum atomic E-state index is 10.6. The molecule has 68 valence electrons. The van der Waals surface area contributed by atoms with E-state index < -0.39 is 4.92 Å². The lowest BCUT2D eigenvalue weighted by molar-refractivity contribution is -0.383. The number of rotatable bonds is 1. The lowest BCUT2D eigenvalue weighted by atomic mass is 10.2. The first kappa shape index (κ1) is 8.26. The summed E-state index contributed by atoms with van der Waals surface area (Å²) in [5.74, 6) is 0. The molecule has 0 saturated carbocycles. The lowest BCUT2D eigenvalue weighted by Gasteiger charge is -1.92. The summed E-state index contributed by atoms with van der Waals surface area (Å²) in [5.41, 5.74) is 0.807. The van der Waals surface area contributed by atoms with Crippen LogP contribution in [0.4, 0.5) is 5.69 Å². The van der Waals surface area contributed by atoms with Crippen molar-refractivity contribution in [2.75, 3.05) is 0 Å². The fourth-order valence-corrected chi connectivity index (χ4v) is 1.38. The average Bonchev–Trinajstić information content (AvgIpc) is 2.59. The van der Waals surface area contributed by atoms with Gasteiger partial charge in [0.2, 0.25) is 0 Å². The summed E-state index contributed by atoms with van der Waals surface area (Å²) in [6.07, 6.45) is 1.47. The fraction of sp³-hybridized carbons (Fsp3) is 0. The summed E-state index contributed by atoms with van der Waals surface area (Å²) >= 11 is 0. The van der Waals surface area contributed by atoms with Crippen molar-refractivity contribution in [1.29, 1.82) is 5.26 Å². The Hall–Kier alpha value is -2.35. The minimum atomic E-state index is -0.472. The van der Waals surface area contributed by atoms with Crippen molar-refractivity contribution in [2.45, 2.75) is 0 Å². The Labute approximate surface area is 78.7 Å². The molecule has 0 spiro atoms. The summed E-state index contributed by atoms with van der Waals surface area (Å²) in [7, 11) is 0. The highest BCUT2D eigenvalue weighted by Gasteiger charge is 2.14. The molecule has 0 amide bonds. The standard InChI is InChI=1S/C9H5N3O2/c10-4-6-5-11-9-7(6)2-1-3-8(9)12(13)14/h1-3,5,11H. The van der Waals surface area contributed by atoms with Crippen LogP contribution in [-0.2, 0) is 0 Å². The van der Waals surface area contributed by atoms with Gasteiger partial charge >= 0.3 is 0 Å². The van der Waals surface area contributed by atoms with Gasteiger partial charge in [0.05, 0.1) is 10.5 Å². The summed E-state index contributed by atoms with van der Waals surface area (Å²) < 4.78 is 0. The van der Waals surface area contributed by atoms with Crippen LogP contribution in [0.1, 0.15) is 5.56 Å². The molecule has 0 radical (unpaired) electrons. The van der Waals surface area contributed by atoms with Gasteiger partial charge in [-0.2, -0.15) is 5.26 Å². The van der Waals surface area contributed by atoms with E-state index >= 15 is 0 Å². The number of fused-ring (bicyclic) bond motifs is 1. The molecule has 1 aromatic heterocycles. The molecule has 5 heteroatoms. The highest BCUT2D eigenvalue weighted by molar-refractivity contribution is 5.92. The molecule has 0 bridgehead atoms. The van der Waals surface area contributed by atoms with E-state index in [2.05, 4.69) is 4.98 Å². The molecule has 0 aliphatic carbocycles. The Bertz CT molecular complexity index is 551. The third-order valence-electron chi connectivity index (χ3n) is 2.01. The molecule has 0 unspecified atom stereocenters. The number of aromatic nitrogens is 1. The van der Waals surface area contributed by atoms with Crippen molar-refractivity contribution in [2.24, 2.45) is 0 Å². The Kier molecular flexibility index (Phi) is 1.68. The molecule has 1 heterocycles. The highest BCUT2D eigenvalue weighted by Crippen LogP contribution is 2.26. The first-order valence-electron chi connectivity index (χ1n) is 3.88. The Morgan fingerprint density at radius 3 is 2.93 bits per heavy atom. The second-order valence-electron chi connectivity index (χ2n) is 2.77. The van der Waals surface area contributed by atoms with E-state index in [1.807, 2.05) is 6.07 Å². The zero-order valence-corrected chi connectivity index (χ0v) is 7.02. The van der Waals surface area contributed by atoms with Crippen LogP contribution in [0.25, 0.3) is 10.9 Å². The van der Waals surface area contributed by atoms with E-state index in [0.717, 1.165) is 0 Å². The highest BCUT2D eigenvalue weighted by atomic mass is 16.6. The molecular formula is C9H5N3O2. The maximum Gasteiger partial charge on any atom is 0.293 e. The van der Waals surface area contributed by atoms with Gasteiger partial charge < -0.3 is 4.98 Å². The molecular weight excluding hydrogens is 182 g/mol. The van der Waals surface area contributed by atoms with E-state index in [1.165, 1.54) is 12.3 Å². The first-order valence-corrected chi connectivity index (χ1v) is 3.88. The third-order valence-corrected chi connectivity index (χ3v) is 2.01. The summed E-state index contributed by atoms with van der Waals surface area (Å²) in [6.45, 7) is 0. The van der Waals surface area contributed by atoms with Gasteiger partial charge in [0, 0.05) is 17.6 Å². The van der Waals surface area contributed by atoms with Crippen LogP contribution >= 0.6 is 0 Å². The number of nitrogens with zero attached hydrogens (tertiary/aromatic N) is 2. The van der Waals surface area contributed by atoms with Gasteiger partial charge in [-0.05, 0) is 0 Å². The van der Waals surface area contributed by atoms with Gasteiger partial charge in [-0.3, -0.25) is 10.1 Å². The molecule has 2 aromatic rings. The summed E-state index contributed by atoms with van der Waals surface area (Å²) in [5, 5.41) is 19.9. The quantitative estimate of drug-likeness (QED) is 0.547. The summed E-state index contributed by atoms with van der Waals surface area (Å²) in [6, 6.07) is 6.61. The number of non-ortho nitro benzene ring substituents is 1. The minimum Gasteiger partial charge on any atom is -0.354 e. The number of aromatic amines is 1. The van der Waals surface area contributed by atoms with Gasteiger partial charge in [-0.15, -0.1) is 0 Å². The van der Waals surface area contributed by atoms with Crippen LogP contribution in [0.5, 0.6) is 0 Å². The molecule has 1 N–H and O–H groups in total. The Balaban J connectivity index is 2.85. The zero-order chi connectivity index (χ0) is 10.1. The van der Waals surface area contributed by atoms with Crippen molar-refractivity contribution in [3.05, 3.63) is 40.1 Å². The third kappa shape index (κ3) is 1.02. The number of nitro benzene ring substituents is 1. The van der Waals surface area contributed by atoms with E-state index in [9.17, 15) is 10.1 Å². The topological polar surface area (TPSA) is 82.7 Å². The van der Waals surface area contributed by atoms with E-state index in [1.54, 1.807) is 12.1 Å². The lowest BCUT2D eigenvalue weighted by Crippen LogP contribution is -1.88. The van der Waals surface area contributed by atoms with E-state index in [-0.39, 0.29) is 5.69 Å². The molecule has 2 rings (SSSR count). The molecule has 0 aliphatic heterocycles. The van der Waals surface area contributed by atoms with Crippen LogP contribution < -0.4 is 0 Å². The monoisotopic (exact) mass is 187 g/mol. The number of hydrogen-bond donors (Lipinski definition) is 1. The minimum absolute atomic E-state index is 0.0102. The van der Waals surface area contributed by atoms with Gasteiger partial charge in [-0.1, -0.05) is 12.1 Å². The van der Waals surface area contributed by atoms with Crippen LogP contribution in [0.15, 0.2) is 24.4 Å². The summed E-state index contributed by atoms with van der Waals surface area (Å²) in [4.78, 5) is 12.9. The van der Waals surface area contributed by atoms with Gasteiger partial charge in [0.1, 0.15) is 11.6 Å². The van der Waals surface area contributed by atoms with Crippen molar-refractivity contribution in [3.63, 3.8) is 0 Å². The number of H-pyrrole nitrogens is 1. The van der Waals surface area contributed by atoms with Crippen LogP contribution in [-0.4, -0.2) is 9.91 Å². The normalized spacial score (nSPS) is 9.93. The van der Waals surface area contributed by atoms with Crippen molar-refractivity contribution in [3.8, 4) is 6.07 Å². The van der Waals surface area contributed by atoms with Gasteiger partial charge in [-0.25, -0.2) is 0 Å². The molecule has 0 aliphatic rings. The smallest absolute Gasteiger partial charge is 0.293 e. The van der Waals surface area contributed by atoms with E-state index in [4.69, 9.17) is 5.26 Å². The van der Waals surface area contributed by atoms with E-state index in [0.29, 0.717) is 16.5 Å². The number of hydrogen-bond acceptors (Lipinski definition) is 3. The molecule has 1 aromatic carbocycles. The van der Waals surface area contributed by atoms with Crippen LogP contribution in [0.2, 0.25) is 0 Å². The number of nitrogens with one attached hydrogen (secondary N) is 1. The van der Waals surface area contributed by atoms with Crippen molar-refractivity contribution in [1.82, 2.24) is 4.98 Å². The van der Waals surface area contributed by atoms with Crippen LogP contribution in [0.3, 0.4) is 0 Å². The maximum absolute atomic E-state index is 10.6. The Morgan fingerprint density at radius 2 is 2.29 bits per heavy atom. The van der Waals surface area contributed by atoms with Crippen molar-refractivity contribution >= 4 is 16.6 Å². The molecule has 5 nitrogen and oxygen atoms in total. The number of nitriles is 1. The van der Waals surface area contributed by atoms with Crippen molar-refractivity contribution < 1.29 is 4.92 Å². The molecule has 14 heavy (non-hydrogen) atoms. The molecule has 0 saturated heterocycles. The Morgan fingerprint density at radius 1 is 1.50 bits per heavy atom. The predicted molar refractivity (Wildman–Crippen MR) is 49.7 cm³/mol. The molecule has 0 fully saturated rings. The predicted octanol–water partition coefficient (Wildman–Crippen LogP) is 1.95. The number of benzene rings is 1. The largest absolute Gasteiger partial charge is 0.354 e. The van der Waals surface area contributed by atoms with Gasteiger partial charge in [0.25, 0.3) is 5.69 Å². The average molecular weight is 187 g/mol. The zero-order valence-electron chi connectivity index (χ0n) is 7.02. The second kappa shape index (κ2) is 2.85. The number of nitro groups is 1. The molecule has 0 atom stereocenters.